The van der Waals surface area contributed by atoms with E-state index in [1.807, 2.05) is 23.9 Å². The summed E-state index contributed by atoms with van der Waals surface area (Å²) in [5.41, 5.74) is 8.56. The first-order valence-corrected chi connectivity index (χ1v) is 13.3. The second kappa shape index (κ2) is 11.8. The van der Waals surface area contributed by atoms with Crippen molar-refractivity contribution in [2.45, 2.75) is 31.5 Å². The second-order valence-corrected chi connectivity index (χ2v) is 10.2. The van der Waals surface area contributed by atoms with Gasteiger partial charge in [-0.2, -0.15) is 0 Å². The number of ether oxygens (including phenoxy) is 1. The third-order valence-electron chi connectivity index (χ3n) is 7.03. The van der Waals surface area contributed by atoms with Crippen LogP contribution in [0.1, 0.15) is 39.5 Å². The summed E-state index contributed by atoms with van der Waals surface area (Å²) in [5, 5.41) is 3.35. The Hall–Kier alpha value is -4.37. The van der Waals surface area contributed by atoms with Crippen molar-refractivity contribution in [3.63, 3.8) is 0 Å². The van der Waals surface area contributed by atoms with Crippen LogP contribution in [0.3, 0.4) is 0 Å². The summed E-state index contributed by atoms with van der Waals surface area (Å²) >= 11 is 5.96. The minimum atomic E-state index is -0.912. The number of carbonyl (C=O) groups is 2. The van der Waals surface area contributed by atoms with Gasteiger partial charge in [0, 0.05) is 42.9 Å². The quantitative estimate of drug-likeness (QED) is 0.313. The summed E-state index contributed by atoms with van der Waals surface area (Å²) in [5.74, 6) is -0.170. The van der Waals surface area contributed by atoms with Gasteiger partial charge in [-0.15, -0.1) is 0 Å². The zero-order valence-corrected chi connectivity index (χ0v) is 22.6. The number of aromatic nitrogens is 2. The maximum atomic E-state index is 13.4. The van der Waals surface area contributed by atoms with E-state index in [4.69, 9.17) is 22.1 Å². The highest BCUT2D eigenvalue weighted by Gasteiger charge is 2.31. The summed E-state index contributed by atoms with van der Waals surface area (Å²) in [4.78, 5) is 32.2. The fraction of sp³-hybridized carbons (Fsp3) is 0.233. The minimum absolute atomic E-state index is 0.119. The number of hydrogen-bond acceptors (Lipinski definition) is 5. The predicted molar refractivity (Wildman–Crippen MR) is 151 cm³/mol. The highest BCUT2D eigenvalue weighted by molar-refractivity contribution is 6.30. The van der Waals surface area contributed by atoms with E-state index in [9.17, 15) is 14.0 Å². The number of amides is 2. The van der Waals surface area contributed by atoms with Crippen LogP contribution in [0.5, 0.6) is 5.75 Å². The molecule has 206 valence electrons. The Morgan fingerprint density at radius 2 is 1.88 bits per heavy atom. The average molecular weight is 562 g/mol. The molecule has 0 aliphatic carbocycles. The first-order valence-electron chi connectivity index (χ1n) is 12.9. The predicted octanol–water partition coefficient (Wildman–Crippen LogP) is 4.51. The second-order valence-electron chi connectivity index (χ2n) is 9.73. The maximum Gasteiger partial charge on any atom is 0.255 e. The molecule has 8 nitrogen and oxygen atoms in total. The summed E-state index contributed by atoms with van der Waals surface area (Å²) in [6, 6.07) is 17.8. The van der Waals surface area contributed by atoms with Gasteiger partial charge in [-0.1, -0.05) is 48.0 Å². The maximum absolute atomic E-state index is 13.4. The van der Waals surface area contributed by atoms with Crippen LogP contribution in [-0.2, 0) is 17.8 Å². The normalized spacial score (nSPS) is 15.0. The van der Waals surface area contributed by atoms with Crippen LogP contribution in [0, 0.1) is 5.82 Å². The molecular weight excluding hydrogens is 533 g/mol. The number of hydrogen-bond donors (Lipinski definition) is 2. The largest absolute Gasteiger partial charge is 0.492 e. The lowest BCUT2D eigenvalue weighted by Crippen LogP contribution is -2.46. The molecule has 2 heterocycles. The first kappa shape index (κ1) is 27.2. The number of para-hydroxylation sites is 1. The molecule has 4 aromatic rings. The number of nitrogens with two attached hydrogens (primary N) is 1. The SMILES string of the molecule is CN(c1nccn1Cc1ccc(F)cc1)[C@H]1CCOc2c(C(=O)N[C@@H](Cc3ccc(Cl)cc3)C(N)=O)cccc21. The van der Waals surface area contributed by atoms with Gasteiger partial charge in [-0.3, -0.25) is 9.59 Å². The molecule has 10 heteroatoms. The molecule has 3 aromatic carbocycles. The van der Waals surface area contributed by atoms with Crippen molar-refractivity contribution >= 4 is 29.4 Å². The molecule has 5 rings (SSSR count). The number of imidazole rings is 1. The fourth-order valence-corrected chi connectivity index (χ4v) is 5.09. The van der Waals surface area contributed by atoms with E-state index in [1.165, 1.54) is 12.1 Å². The van der Waals surface area contributed by atoms with Crippen molar-refractivity contribution in [2.24, 2.45) is 5.73 Å². The average Bonchev–Trinajstić information content (AvgIpc) is 3.42. The number of anilines is 1. The summed E-state index contributed by atoms with van der Waals surface area (Å²) < 4.78 is 21.4. The number of nitrogens with one attached hydrogen (secondary N) is 1. The van der Waals surface area contributed by atoms with Crippen molar-refractivity contribution in [3.8, 4) is 5.75 Å². The zero-order valence-electron chi connectivity index (χ0n) is 21.9. The molecule has 0 saturated heterocycles. The number of carbonyl (C=O) groups excluding carboxylic acids is 2. The van der Waals surface area contributed by atoms with E-state index in [0.717, 1.165) is 22.6 Å². The van der Waals surface area contributed by atoms with Crippen LogP contribution in [0.2, 0.25) is 5.02 Å². The summed E-state index contributed by atoms with van der Waals surface area (Å²) in [7, 11) is 1.95. The lowest BCUT2D eigenvalue weighted by atomic mass is 9.96. The van der Waals surface area contributed by atoms with E-state index in [1.54, 1.807) is 54.7 Å². The van der Waals surface area contributed by atoms with Crippen LogP contribution >= 0.6 is 11.6 Å². The van der Waals surface area contributed by atoms with Crippen molar-refractivity contribution < 1.29 is 18.7 Å². The van der Waals surface area contributed by atoms with Crippen molar-refractivity contribution in [1.29, 1.82) is 0 Å². The highest BCUT2D eigenvalue weighted by Crippen LogP contribution is 2.39. The highest BCUT2D eigenvalue weighted by atomic mass is 35.5. The summed E-state index contributed by atoms with van der Waals surface area (Å²) in [6.45, 7) is 0.926. The molecule has 1 aromatic heterocycles. The molecule has 0 bridgehead atoms. The molecule has 2 atom stereocenters. The molecule has 0 spiro atoms. The molecular formula is C30H29ClFN5O3. The Kier molecular flexibility index (Phi) is 8.02. The van der Waals surface area contributed by atoms with Gasteiger partial charge in [0.1, 0.15) is 17.6 Å². The van der Waals surface area contributed by atoms with Crippen LogP contribution in [-0.4, -0.2) is 41.1 Å². The van der Waals surface area contributed by atoms with Crippen molar-refractivity contribution in [2.75, 3.05) is 18.6 Å². The molecule has 40 heavy (non-hydrogen) atoms. The van der Waals surface area contributed by atoms with E-state index >= 15 is 0 Å². The number of rotatable bonds is 9. The zero-order chi connectivity index (χ0) is 28.2. The van der Waals surface area contributed by atoms with Crippen LogP contribution < -0.4 is 20.7 Å². The van der Waals surface area contributed by atoms with E-state index < -0.39 is 17.9 Å². The molecule has 1 aliphatic heterocycles. The molecule has 3 N–H and O–H groups in total. The van der Waals surface area contributed by atoms with E-state index in [0.29, 0.717) is 35.9 Å². The van der Waals surface area contributed by atoms with Crippen molar-refractivity contribution in [3.05, 3.63) is 112 Å². The molecule has 1 aliphatic rings. The third-order valence-corrected chi connectivity index (χ3v) is 7.28. The first-order chi connectivity index (χ1) is 19.3. The molecule has 0 fully saturated rings. The number of benzene rings is 3. The lowest BCUT2D eigenvalue weighted by Gasteiger charge is -2.34. The molecule has 0 unspecified atom stereocenters. The van der Waals surface area contributed by atoms with Gasteiger partial charge in [-0.05, 0) is 41.5 Å². The van der Waals surface area contributed by atoms with Crippen molar-refractivity contribution in [1.82, 2.24) is 14.9 Å². The minimum Gasteiger partial charge on any atom is -0.492 e. The Morgan fingerprint density at radius 3 is 2.60 bits per heavy atom. The van der Waals surface area contributed by atoms with Crippen LogP contribution in [0.4, 0.5) is 10.3 Å². The van der Waals surface area contributed by atoms with Gasteiger partial charge in [0.25, 0.3) is 5.91 Å². The third kappa shape index (κ3) is 5.94. The Morgan fingerprint density at radius 1 is 1.15 bits per heavy atom. The number of fused-ring (bicyclic) bond motifs is 1. The van der Waals surface area contributed by atoms with Gasteiger partial charge in [-0.25, -0.2) is 9.37 Å². The Balaban J connectivity index is 1.36. The van der Waals surface area contributed by atoms with Gasteiger partial charge >= 0.3 is 0 Å². The van der Waals surface area contributed by atoms with Crippen LogP contribution in [0.25, 0.3) is 0 Å². The molecule has 0 saturated carbocycles. The molecule has 2 amide bonds. The topological polar surface area (TPSA) is 102 Å². The Bertz CT molecular complexity index is 1510. The number of halogens is 2. The lowest BCUT2D eigenvalue weighted by molar-refractivity contribution is -0.119. The summed E-state index contributed by atoms with van der Waals surface area (Å²) in [6.07, 6.45) is 4.52. The van der Waals surface area contributed by atoms with E-state index in [-0.39, 0.29) is 18.3 Å². The van der Waals surface area contributed by atoms with Gasteiger partial charge < -0.3 is 25.3 Å². The number of nitrogens with zero attached hydrogens (tertiary/aromatic N) is 3. The molecule has 0 radical (unpaired) electrons. The monoisotopic (exact) mass is 561 g/mol. The van der Waals surface area contributed by atoms with Gasteiger partial charge in [0.15, 0.2) is 0 Å². The van der Waals surface area contributed by atoms with Crippen LogP contribution in [0.15, 0.2) is 79.1 Å². The Labute approximate surface area is 236 Å². The van der Waals surface area contributed by atoms with Gasteiger partial charge in [0.2, 0.25) is 11.9 Å². The van der Waals surface area contributed by atoms with Gasteiger partial charge in [0.05, 0.1) is 24.8 Å². The smallest absolute Gasteiger partial charge is 0.255 e. The van der Waals surface area contributed by atoms with E-state index in [2.05, 4.69) is 15.2 Å². The number of primary amides is 1. The fourth-order valence-electron chi connectivity index (χ4n) is 4.97. The standard InChI is InChI=1S/C30H29ClFN5O3/c1-36(30-34-14-15-37(30)18-20-7-11-22(32)12-8-20)26-13-16-40-27-23(26)3-2-4-24(27)29(39)35-25(28(33)38)17-19-5-9-21(31)10-6-19/h2-12,14-15,25-26H,13,16-18H2,1H3,(H2,33,38)(H,35,39)/t25-,26-/m0/s1.